The molecule has 46 valence electrons. The Morgan fingerprint density at radius 1 is 1.57 bits per heavy atom. The Balaban J connectivity index is 0. The zero-order chi connectivity index (χ0) is 4.83. The van der Waals surface area contributed by atoms with Gasteiger partial charge in [-0.25, -0.2) is 0 Å². The molecule has 0 saturated carbocycles. The van der Waals surface area contributed by atoms with E-state index in [9.17, 15) is 0 Å². The first kappa shape index (κ1) is 10.2. The maximum absolute atomic E-state index is 4.72. The minimum Gasteiger partial charge on any atom is -0.383 e. The standard InChI is InChI=1S/C4H11NO.ClH/c1-5-3-4-6-2;/h5H,3-4H2,1-2H3;1H. The van der Waals surface area contributed by atoms with Gasteiger partial charge in [0.1, 0.15) is 0 Å². The van der Waals surface area contributed by atoms with Crippen LogP contribution in [0, 0.1) is 0 Å². The molecule has 0 aliphatic heterocycles. The lowest BCUT2D eigenvalue weighted by Crippen LogP contribution is -2.12. The van der Waals surface area contributed by atoms with Crippen molar-refractivity contribution in [3.63, 3.8) is 0 Å². The predicted octanol–water partition coefficient (Wildman–Crippen LogP) is 0.274. The molecule has 0 aliphatic rings. The highest BCUT2D eigenvalue weighted by atomic mass is 35.5. The molecule has 1 N–H and O–H groups in total. The Labute approximate surface area is 50.7 Å². The number of rotatable bonds is 3. The first-order valence-corrected chi connectivity index (χ1v) is 2.05. The molecule has 0 aromatic rings. The molecule has 2 nitrogen and oxygen atoms in total. The van der Waals surface area contributed by atoms with Crippen molar-refractivity contribution in [1.82, 2.24) is 5.32 Å². The maximum Gasteiger partial charge on any atom is 0.0587 e. The summed E-state index contributed by atoms with van der Waals surface area (Å²) in [6.07, 6.45) is 0. The van der Waals surface area contributed by atoms with E-state index in [1.165, 1.54) is 0 Å². The summed E-state index contributed by atoms with van der Waals surface area (Å²) < 4.78 is 4.72. The zero-order valence-electron chi connectivity index (χ0n) is 4.73. The molecule has 3 heteroatoms. The van der Waals surface area contributed by atoms with Crippen LogP contribution in [0.5, 0.6) is 0 Å². The van der Waals surface area contributed by atoms with Crippen LogP contribution in [0.25, 0.3) is 0 Å². The smallest absolute Gasteiger partial charge is 0.0587 e. The van der Waals surface area contributed by atoms with Crippen molar-refractivity contribution in [2.45, 2.75) is 0 Å². The summed E-state index contributed by atoms with van der Waals surface area (Å²) >= 11 is 0. The van der Waals surface area contributed by atoms with Gasteiger partial charge in [-0.1, -0.05) is 0 Å². The van der Waals surface area contributed by atoms with Crippen LogP contribution < -0.4 is 5.32 Å². The van der Waals surface area contributed by atoms with E-state index in [4.69, 9.17) is 4.74 Å². The molecule has 0 spiro atoms. The summed E-state index contributed by atoms with van der Waals surface area (Å²) in [5, 5.41) is 2.94. The van der Waals surface area contributed by atoms with Gasteiger partial charge in [-0.05, 0) is 7.05 Å². The monoisotopic (exact) mass is 125 g/mol. The second kappa shape index (κ2) is 9.51. The number of likely N-dealkylation sites (N-methyl/N-ethyl adjacent to an activating group) is 1. The van der Waals surface area contributed by atoms with Crippen molar-refractivity contribution in [2.24, 2.45) is 0 Å². The number of ether oxygens (including phenoxy) is 1. The topological polar surface area (TPSA) is 21.3 Å². The molecule has 0 rings (SSSR count). The van der Waals surface area contributed by atoms with E-state index in [-0.39, 0.29) is 12.4 Å². The largest absolute Gasteiger partial charge is 0.383 e. The van der Waals surface area contributed by atoms with E-state index in [0.717, 1.165) is 13.2 Å². The summed E-state index contributed by atoms with van der Waals surface area (Å²) in [5.41, 5.74) is 0. The minimum absolute atomic E-state index is 0. The molecule has 7 heavy (non-hydrogen) atoms. The third-order valence-corrected chi connectivity index (χ3v) is 0.556. The van der Waals surface area contributed by atoms with Gasteiger partial charge < -0.3 is 10.1 Å². The van der Waals surface area contributed by atoms with E-state index in [1.807, 2.05) is 7.05 Å². The Morgan fingerprint density at radius 2 is 2.14 bits per heavy atom. The molecule has 0 atom stereocenters. The predicted molar refractivity (Wildman–Crippen MR) is 33.1 cm³/mol. The molecule has 0 aromatic heterocycles. The lowest BCUT2D eigenvalue weighted by Gasteiger charge is -1.92. The Kier molecular flexibility index (Phi) is 13.9. The molecular formula is C4H12ClNO. The fourth-order valence-corrected chi connectivity index (χ4v) is 0.204. The van der Waals surface area contributed by atoms with Crippen molar-refractivity contribution >= 4 is 12.4 Å². The van der Waals surface area contributed by atoms with E-state index in [1.54, 1.807) is 7.11 Å². The molecule has 0 unspecified atom stereocenters. The summed E-state index contributed by atoms with van der Waals surface area (Å²) in [5.74, 6) is 0. The maximum atomic E-state index is 4.72. The van der Waals surface area contributed by atoms with Crippen LogP contribution in [-0.2, 0) is 4.74 Å². The molecule has 0 bridgehead atoms. The zero-order valence-corrected chi connectivity index (χ0v) is 5.55. The normalized spacial score (nSPS) is 7.71. The second-order valence-electron chi connectivity index (χ2n) is 1.10. The van der Waals surface area contributed by atoms with Gasteiger partial charge in [0.15, 0.2) is 0 Å². The van der Waals surface area contributed by atoms with Crippen LogP contribution in [0.15, 0.2) is 0 Å². The summed E-state index contributed by atoms with van der Waals surface area (Å²) in [6, 6.07) is 0. The lowest BCUT2D eigenvalue weighted by atomic mass is 10.7. The SMILES string of the molecule is CNCCOC.Cl. The third kappa shape index (κ3) is 10.7. The van der Waals surface area contributed by atoms with E-state index >= 15 is 0 Å². The van der Waals surface area contributed by atoms with Gasteiger partial charge in [-0.15, -0.1) is 12.4 Å². The summed E-state index contributed by atoms with van der Waals surface area (Å²) in [4.78, 5) is 0. The van der Waals surface area contributed by atoms with Crippen LogP contribution in [0.4, 0.5) is 0 Å². The molecular weight excluding hydrogens is 114 g/mol. The van der Waals surface area contributed by atoms with Crippen molar-refractivity contribution in [1.29, 1.82) is 0 Å². The van der Waals surface area contributed by atoms with Crippen molar-refractivity contribution in [2.75, 3.05) is 27.3 Å². The highest BCUT2D eigenvalue weighted by molar-refractivity contribution is 5.85. The Hall–Kier alpha value is 0.210. The number of hydrogen-bond donors (Lipinski definition) is 1. The number of halogens is 1. The molecule has 0 aliphatic carbocycles. The lowest BCUT2D eigenvalue weighted by molar-refractivity contribution is 0.201. The van der Waals surface area contributed by atoms with E-state index in [0.29, 0.717) is 0 Å². The fraction of sp³-hybridized carbons (Fsp3) is 1.00. The van der Waals surface area contributed by atoms with Gasteiger partial charge in [-0.3, -0.25) is 0 Å². The highest BCUT2D eigenvalue weighted by Gasteiger charge is 1.72. The second-order valence-corrected chi connectivity index (χ2v) is 1.10. The van der Waals surface area contributed by atoms with Crippen LogP contribution in [0.1, 0.15) is 0 Å². The van der Waals surface area contributed by atoms with Gasteiger partial charge in [0.2, 0.25) is 0 Å². The third-order valence-electron chi connectivity index (χ3n) is 0.556. The van der Waals surface area contributed by atoms with Crippen molar-refractivity contribution in [3.8, 4) is 0 Å². The Morgan fingerprint density at radius 3 is 2.29 bits per heavy atom. The molecule has 0 fully saturated rings. The number of methoxy groups -OCH3 is 1. The van der Waals surface area contributed by atoms with E-state index in [2.05, 4.69) is 5.32 Å². The number of nitrogens with one attached hydrogen (secondary N) is 1. The number of hydrogen-bond acceptors (Lipinski definition) is 2. The van der Waals surface area contributed by atoms with Gasteiger partial charge in [0, 0.05) is 13.7 Å². The first-order valence-electron chi connectivity index (χ1n) is 2.05. The molecule has 0 amide bonds. The molecule has 0 heterocycles. The molecule has 0 saturated heterocycles. The van der Waals surface area contributed by atoms with Crippen LogP contribution >= 0.6 is 12.4 Å². The van der Waals surface area contributed by atoms with Gasteiger partial charge in [0.05, 0.1) is 6.61 Å². The van der Waals surface area contributed by atoms with Gasteiger partial charge >= 0.3 is 0 Å². The average Bonchev–Trinajstić information content (AvgIpc) is 1.61. The van der Waals surface area contributed by atoms with Crippen LogP contribution in [-0.4, -0.2) is 27.3 Å². The van der Waals surface area contributed by atoms with E-state index < -0.39 is 0 Å². The Bertz CT molecular complexity index is 23.7. The summed E-state index contributed by atoms with van der Waals surface area (Å²) in [7, 11) is 3.59. The summed E-state index contributed by atoms with van der Waals surface area (Å²) in [6.45, 7) is 1.74. The quantitative estimate of drug-likeness (QED) is 0.547. The molecule has 0 aromatic carbocycles. The fourth-order valence-electron chi connectivity index (χ4n) is 0.204. The van der Waals surface area contributed by atoms with Crippen LogP contribution in [0.3, 0.4) is 0 Å². The van der Waals surface area contributed by atoms with Gasteiger partial charge in [-0.2, -0.15) is 0 Å². The minimum atomic E-state index is 0. The highest BCUT2D eigenvalue weighted by Crippen LogP contribution is 1.57. The van der Waals surface area contributed by atoms with Gasteiger partial charge in [0.25, 0.3) is 0 Å². The van der Waals surface area contributed by atoms with Crippen molar-refractivity contribution in [3.05, 3.63) is 0 Å². The molecule has 0 radical (unpaired) electrons. The van der Waals surface area contributed by atoms with Crippen molar-refractivity contribution < 1.29 is 4.74 Å². The van der Waals surface area contributed by atoms with Crippen LogP contribution in [0.2, 0.25) is 0 Å². The first-order chi connectivity index (χ1) is 2.91. The average molecular weight is 126 g/mol.